The molecule has 0 aliphatic heterocycles. The second-order valence-electron chi connectivity index (χ2n) is 4.65. The topological polar surface area (TPSA) is 84.1 Å². The molecule has 7 heteroatoms. The summed E-state index contributed by atoms with van der Waals surface area (Å²) in [7, 11) is 1.61. The molecule has 2 N–H and O–H groups in total. The fourth-order valence-electron chi connectivity index (χ4n) is 2.06. The Hall–Kier alpha value is -2.67. The van der Waals surface area contributed by atoms with Gasteiger partial charge < -0.3 is 4.74 Å². The van der Waals surface area contributed by atoms with Crippen LogP contribution in [0.2, 0.25) is 0 Å². The van der Waals surface area contributed by atoms with E-state index in [1.54, 1.807) is 7.11 Å². The van der Waals surface area contributed by atoms with Gasteiger partial charge in [0, 0.05) is 11.8 Å². The molecular formula is C15H13N3O3S. The van der Waals surface area contributed by atoms with E-state index < -0.39 is 0 Å². The van der Waals surface area contributed by atoms with Crippen LogP contribution in [0.5, 0.6) is 5.75 Å². The van der Waals surface area contributed by atoms with Crippen LogP contribution in [0.4, 0.5) is 5.95 Å². The second-order valence-corrected chi connectivity index (χ2v) is 5.70. The lowest BCUT2D eigenvalue weighted by Gasteiger charge is -2.00. The SMILES string of the molecule is COc1ccc(-c2cc3nc(NC(C)=O)[nH]c(=O)c3s2)cc1. The van der Waals surface area contributed by atoms with Gasteiger partial charge in [0.05, 0.1) is 12.6 Å². The van der Waals surface area contributed by atoms with Crippen molar-refractivity contribution in [1.82, 2.24) is 9.97 Å². The quantitative estimate of drug-likeness (QED) is 0.778. The van der Waals surface area contributed by atoms with Crippen LogP contribution < -0.4 is 15.6 Å². The normalized spacial score (nSPS) is 10.6. The minimum absolute atomic E-state index is 0.157. The Kier molecular flexibility index (Phi) is 3.64. The molecule has 0 saturated heterocycles. The van der Waals surface area contributed by atoms with Crippen molar-refractivity contribution >= 4 is 33.4 Å². The van der Waals surface area contributed by atoms with Gasteiger partial charge in [0.25, 0.3) is 5.56 Å². The van der Waals surface area contributed by atoms with E-state index in [-0.39, 0.29) is 17.4 Å². The summed E-state index contributed by atoms with van der Waals surface area (Å²) in [6, 6.07) is 9.40. The third kappa shape index (κ3) is 2.71. The summed E-state index contributed by atoms with van der Waals surface area (Å²) >= 11 is 1.36. The lowest BCUT2D eigenvalue weighted by atomic mass is 10.2. The fourth-order valence-corrected chi connectivity index (χ4v) is 3.06. The van der Waals surface area contributed by atoms with Crippen molar-refractivity contribution in [2.75, 3.05) is 12.4 Å². The summed E-state index contributed by atoms with van der Waals surface area (Å²) in [6.07, 6.45) is 0. The van der Waals surface area contributed by atoms with Gasteiger partial charge in [-0.15, -0.1) is 11.3 Å². The number of hydrogen-bond donors (Lipinski definition) is 2. The van der Waals surface area contributed by atoms with Crippen molar-refractivity contribution in [3.63, 3.8) is 0 Å². The van der Waals surface area contributed by atoms with E-state index in [9.17, 15) is 9.59 Å². The monoisotopic (exact) mass is 315 g/mol. The Morgan fingerprint density at radius 2 is 2.05 bits per heavy atom. The third-order valence-electron chi connectivity index (χ3n) is 3.05. The van der Waals surface area contributed by atoms with E-state index in [1.165, 1.54) is 18.3 Å². The molecule has 0 radical (unpaired) electrons. The number of hydrogen-bond acceptors (Lipinski definition) is 5. The first-order chi connectivity index (χ1) is 10.6. The molecule has 1 amide bonds. The van der Waals surface area contributed by atoms with E-state index in [0.717, 1.165) is 16.2 Å². The molecule has 0 unspecified atom stereocenters. The number of aromatic amines is 1. The minimum atomic E-state index is -0.284. The second kappa shape index (κ2) is 5.61. The van der Waals surface area contributed by atoms with Crippen molar-refractivity contribution in [3.05, 3.63) is 40.7 Å². The number of nitrogens with one attached hydrogen (secondary N) is 2. The molecule has 0 aliphatic carbocycles. The van der Waals surface area contributed by atoms with Gasteiger partial charge in [0.2, 0.25) is 11.9 Å². The van der Waals surface area contributed by atoms with Gasteiger partial charge in [0.15, 0.2) is 0 Å². The van der Waals surface area contributed by atoms with Crippen LogP contribution in [0.25, 0.3) is 20.7 Å². The number of aromatic nitrogens is 2. The fraction of sp³-hybridized carbons (Fsp3) is 0.133. The number of amides is 1. The largest absolute Gasteiger partial charge is 0.497 e. The van der Waals surface area contributed by atoms with Gasteiger partial charge in [-0.25, -0.2) is 4.98 Å². The molecule has 6 nitrogen and oxygen atoms in total. The molecule has 112 valence electrons. The third-order valence-corrected chi connectivity index (χ3v) is 4.22. The number of carbonyl (C=O) groups is 1. The Balaban J connectivity index is 2.06. The number of carbonyl (C=O) groups excluding carboxylic acids is 1. The van der Waals surface area contributed by atoms with Gasteiger partial charge in [-0.2, -0.15) is 0 Å². The van der Waals surface area contributed by atoms with Crippen LogP contribution in [0.15, 0.2) is 35.1 Å². The number of fused-ring (bicyclic) bond motifs is 1. The summed E-state index contributed by atoms with van der Waals surface area (Å²) in [5.74, 6) is 0.644. The van der Waals surface area contributed by atoms with Gasteiger partial charge >= 0.3 is 0 Å². The highest BCUT2D eigenvalue weighted by atomic mass is 32.1. The molecule has 3 aromatic rings. The van der Waals surface area contributed by atoms with Crippen molar-refractivity contribution in [1.29, 1.82) is 0 Å². The lowest BCUT2D eigenvalue weighted by Crippen LogP contribution is -2.15. The van der Waals surface area contributed by atoms with E-state index in [2.05, 4.69) is 15.3 Å². The van der Waals surface area contributed by atoms with E-state index in [4.69, 9.17) is 4.74 Å². The first-order valence-electron chi connectivity index (χ1n) is 6.52. The van der Waals surface area contributed by atoms with Crippen molar-refractivity contribution in [2.24, 2.45) is 0 Å². The van der Waals surface area contributed by atoms with E-state index in [0.29, 0.717) is 10.2 Å². The molecule has 22 heavy (non-hydrogen) atoms. The highest BCUT2D eigenvalue weighted by Gasteiger charge is 2.11. The van der Waals surface area contributed by atoms with Crippen LogP contribution in [0.3, 0.4) is 0 Å². The van der Waals surface area contributed by atoms with Gasteiger partial charge in [-0.3, -0.25) is 19.9 Å². The minimum Gasteiger partial charge on any atom is -0.497 e. The van der Waals surface area contributed by atoms with Gasteiger partial charge in [-0.05, 0) is 35.9 Å². The Labute approximate surface area is 129 Å². The first-order valence-corrected chi connectivity index (χ1v) is 7.34. The molecule has 0 bridgehead atoms. The maximum atomic E-state index is 12.1. The Morgan fingerprint density at radius 1 is 1.32 bits per heavy atom. The molecule has 0 spiro atoms. The van der Waals surface area contributed by atoms with Crippen LogP contribution in [0.1, 0.15) is 6.92 Å². The van der Waals surface area contributed by atoms with Crippen molar-refractivity contribution in [3.8, 4) is 16.2 Å². The smallest absolute Gasteiger partial charge is 0.270 e. The summed E-state index contributed by atoms with van der Waals surface area (Å²) in [6.45, 7) is 1.36. The highest BCUT2D eigenvalue weighted by Crippen LogP contribution is 2.32. The van der Waals surface area contributed by atoms with Crippen molar-refractivity contribution in [2.45, 2.75) is 6.92 Å². The van der Waals surface area contributed by atoms with Crippen LogP contribution in [-0.2, 0) is 4.79 Å². The Bertz CT molecular complexity index is 897. The number of rotatable bonds is 3. The zero-order valence-electron chi connectivity index (χ0n) is 12.0. The number of nitrogens with zero attached hydrogens (tertiary/aromatic N) is 1. The number of methoxy groups -OCH3 is 1. The molecule has 0 saturated carbocycles. The van der Waals surface area contributed by atoms with Crippen molar-refractivity contribution < 1.29 is 9.53 Å². The van der Waals surface area contributed by atoms with E-state index >= 15 is 0 Å². The highest BCUT2D eigenvalue weighted by molar-refractivity contribution is 7.22. The first kappa shape index (κ1) is 14.3. The number of thiophene rings is 1. The molecule has 2 heterocycles. The van der Waals surface area contributed by atoms with Crippen LogP contribution in [-0.4, -0.2) is 23.0 Å². The summed E-state index contributed by atoms with van der Waals surface area (Å²) in [5, 5.41) is 2.48. The molecule has 0 atom stereocenters. The average molecular weight is 315 g/mol. The van der Waals surface area contributed by atoms with Crippen LogP contribution in [0, 0.1) is 0 Å². The molecule has 0 aliphatic rings. The number of H-pyrrole nitrogens is 1. The predicted molar refractivity (Wildman–Crippen MR) is 86.5 cm³/mol. The average Bonchev–Trinajstić information content (AvgIpc) is 2.91. The standard InChI is InChI=1S/C15H13N3O3S/c1-8(19)16-15-17-11-7-12(22-13(11)14(20)18-15)9-3-5-10(21-2)6-4-9/h3-7H,1-2H3,(H2,16,17,18,19,20). The molecule has 1 aromatic carbocycles. The van der Waals surface area contributed by atoms with Gasteiger partial charge in [0.1, 0.15) is 10.4 Å². The lowest BCUT2D eigenvalue weighted by molar-refractivity contribution is -0.114. The summed E-state index contributed by atoms with van der Waals surface area (Å²) < 4.78 is 5.66. The zero-order valence-corrected chi connectivity index (χ0v) is 12.8. The number of anilines is 1. The van der Waals surface area contributed by atoms with Gasteiger partial charge in [-0.1, -0.05) is 0 Å². The summed E-state index contributed by atoms with van der Waals surface area (Å²) in [5.41, 5.74) is 1.27. The molecular weight excluding hydrogens is 302 g/mol. The maximum Gasteiger partial charge on any atom is 0.270 e. The summed E-state index contributed by atoms with van der Waals surface area (Å²) in [4.78, 5) is 30.9. The number of ether oxygens (including phenoxy) is 1. The molecule has 3 rings (SSSR count). The Morgan fingerprint density at radius 3 is 2.68 bits per heavy atom. The van der Waals surface area contributed by atoms with E-state index in [1.807, 2.05) is 30.3 Å². The molecule has 0 fully saturated rings. The predicted octanol–water partition coefficient (Wildman–Crippen LogP) is 2.62. The zero-order chi connectivity index (χ0) is 15.7. The number of benzene rings is 1. The molecule has 2 aromatic heterocycles. The van der Waals surface area contributed by atoms with Crippen LogP contribution >= 0.6 is 11.3 Å². The maximum absolute atomic E-state index is 12.1.